The van der Waals surface area contributed by atoms with Gasteiger partial charge < -0.3 is 15.4 Å². The van der Waals surface area contributed by atoms with Crippen molar-refractivity contribution in [1.29, 1.82) is 0 Å². The number of hydrogen-bond acceptors (Lipinski definition) is 5. The standard InChI is InChI=1S/C19H18FN5O2/c20-14-3-7-16(8-4-14)25-22-11-17(24-25)19(26)23-15-5-1-13(2-6-15)18-12-21-9-10-27-18/h1-8,11,18,21H,9-10,12H2,(H,23,26). The molecule has 1 aromatic heterocycles. The molecule has 8 heteroatoms. The van der Waals surface area contributed by atoms with Crippen LogP contribution in [-0.2, 0) is 4.74 Å². The van der Waals surface area contributed by atoms with Crippen molar-refractivity contribution in [2.45, 2.75) is 6.10 Å². The number of halogens is 1. The van der Waals surface area contributed by atoms with Crippen molar-refractivity contribution in [3.05, 3.63) is 71.8 Å². The van der Waals surface area contributed by atoms with Crippen LogP contribution >= 0.6 is 0 Å². The van der Waals surface area contributed by atoms with E-state index in [2.05, 4.69) is 20.8 Å². The molecular formula is C19H18FN5O2. The van der Waals surface area contributed by atoms with E-state index in [0.717, 1.165) is 18.7 Å². The normalized spacial score (nSPS) is 16.9. The number of aromatic nitrogens is 3. The van der Waals surface area contributed by atoms with Gasteiger partial charge in [0.1, 0.15) is 5.82 Å². The summed E-state index contributed by atoms with van der Waals surface area (Å²) in [4.78, 5) is 13.7. The molecule has 7 nitrogen and oxygen atoms in total. The number of hydrogen-bond donors (Lipinski definition) is 2. The molecule has 0 bridgehead atoms. The van der Waals surface area contributed by atoms with Gasteiger partial charge in [0, 0.05) is 18.8 Å². The van der Waals surface area contributed by atoms with Gasteiger partial charge in [0.2, 0.25) is 0 Å². The lowest BCUT2D eigenvalue weighted by molar-refractivity contribution is 0.0277. The van der Waals surface area contributed by atoms with E-state index in [1.807, 2.05) is 24.3 Å². The molecule has 1 fully saturated rings. The first-order valence-corrected chi connectivity index (χ1v) is 8.61. The largest absolute Gasteiger partial charge is 0.371 e. The average Bonchev–Trinajstić information content (AvgIpc) is 3.20. The van der Waals surface area contributed by atoms with Crippen LogP contribution in [0.4, 0.5) is 10.1 Å². The molecule has 27 heavy (non-hydrogen) atoms. The minimum absolute atomic E-state index is 0.0270. The van der Waals surface area contributed by atoms with E-state index >= 15 is 0 Å². The minimum atomic E-state index is -0.369. The number of carbonyl (C=O) groups is 1. The maximum atomic E-state index is 13.0. The number of nitrogens with zero attached hydrogens (tertiary/aromatic N) is 3. The van der Waals surface area contributed by atoms with Gasteiger partial charge in [0.05, 0.1) is 24.6 Å². The summed E-state index contributed by atoms with van der Waals surface area (Å²) in [5.41, 5.74) is 2.45. The third kappa shape index (κ3) is 4.02. The monoisotopic (exact) mass is 367 g/mol. The van der Waals surface area contributed by atoms with Crippen molar-refractivity contribution >= 4 is 11.6 Å². The van der Waals surface area contributed by atoms with Gasteiger partial charge in [0.25, 0.3) is 5.91 Å². The number of rotatable bonds is 4. The van der Waals surface area contributed by atoms with E-state index in [9.17, 15) is 9.18 Å². The van der Waals surface area contributed by atoms with Crippen molar-refractivity contribution in [2.75, 3.05) is 25.0 Å². The lowest BCUT2D eigenvalue weighted by Crippen LogP contribution is -2.33. The highest BCUT2D eigenvalue weighted by Gasteiger charge is 2.16. The molecular weight excluding hydrogens is 349 g/mol. The van der Waals surface area contributed by atoms with E-state index in [4.69, 9.17) is 4.74 Å². The van der Waals surface area contributed by atoms with Crippen molar-refractivity contribution in [1.82, 2.24) is 20.3 Å². The quantitative estimate of drug-likeness (QED) is 0.740. The van der Waals surface area contributed by atoms with E-state index < -0.39 is 0 Å². The number of benzene rings is 2. The van der Waals surface area contributed by atoms with E-state index in [0.29, 0.717) is 18.0 Å². The van der Waals surface area contributed by atoms with E-state index in [-0.39, 0.29) is 23.5 Å². The molecule has 2 aromatic carbocycles. The summed E-state index contributed by atoms with van der Waals surface area (Å²) in [6.45, 7) is 2.33. The molecule has 2 heterocycles. The Labute approximate surface area is 155 Å². The first-order chi connectivity index (χ1) is 13.2. The summed E-state index contributed by atoms with van der Waals surface area (Å²) in [6.07, 6.45) is 1.40. The van der Waals surface area contributed by atoms with Crippen molar-refractivity contribution in [3.8, 4) is 5.69 Å². The molecule has 1 saturated heterocycles. The Kier molecular flexibility index (Phi) is 4.91. The Hall–Kier alpha value is -3.10. The van der Waals surface area contributed by atoms with Crippen LogP contribution in [0, 0.1) is 5.82 Å². The van der Waals surface area contributed by atoms with Gasteiger partial charge in [-0.2, -0.15) is 9.90 Å². The average molecular weight is 367 g/mol. The van der Waals surface area contributed by atoms with Crippen LogP contribution in [0.15, 0.2) is 54.7 Å². The zero-order valence-electron chi connectivity index (χ0n) is 14.4. The number of amides is 1. The van der Waals surface area contributed by atoms with Crippen LogP contribution < -0.4 is 10.6 Å². The van der Waals surface area contributed by atoms with Crippen LogP contribution in [0.1, 0.15) is 22.2 Å². The van der Waals surface area contributed by atoms with Gasteiger partial charge in [-0.25, -0.2) is 4.39 Å². The summed E-state index contributed by atoms with van der Waals surface area (Å²) in [5.74, 6) is -0.714. The fourth-order valence-electron chi connectivity index (χ4n) is 2.82. The van der Waals surface area contributed by atoms with Gasteiger partial charge in [0.15, 0.2) is 5.69 Å². The molecule has 3 aromatic rings. The maximum Gasteiger partial charge on any atom is 0.277 e. The Balaban J connectivity index is 1.42. The van der Waals surface area contributed by atoms with Crippen LogP contribution in [0.2, 0.25) is 0 Å². The van der Waals surface area contributed by atoms with Crippen molar-refractivity contribution in [3.63, 3.8) is 0 Å². The van der Waals surface area contributed by atoms with Crippen LogP contribution in [-0.4, -0.2) is 40.6 Å². The lowest BCUT2D eigenvalue weighted by atomic mass is 10.1. The van der Waals surface area contributed by atoms with Crippen molar-refractivity contribution in [2.24, 2.45) is 0 Å². The molecule has 0 radical (unpaired) electrons. The molecule has 1 atom stereocenters. The third-order valence-corrected chi connectivity index (χ3v) is 4.25. The fraction of sp³-hybridized carbons (Fsp3) is 0.211. The molecule has 138 valence electrons. The first-order valence-electron chi connectivity index (χ1n) is 8.61. The highest BCUT2D eigenvalue weighted by Crippen LogP contribution is 2.21. The molecule has 2 N–H and O–H groups in total. The molecule has 0 spiro atoms. The number of ether oxygens (including phenoxy) is 1. The number of carbonyl (C=O) groups excluding carboxylic acids is 1. The Morgan fingerprint density at radius 2 is 1.96 bits per heavy atom. The van der Waals surface area contributed by atoms with Crippen LogP contribution in [0.5, 0.6) is 0 Å². The minimum Gasteiger partial charge on any atom is -0.371 e. The zero-order chi connectivity index (χ0) is 18.6. The Morgan fingerprint density at radius 3 is 2.67 bits per heavy atom. The molecule has 0 saturated carbocycles. The second kappa shape index (κ2) is 7.65. The highest BCUT2D eigenvalue weighted by atomic mass is 19.1. The fourth-order valence-corrected chi connectivity index (χ4v) is 2.82. The highest BCUT2D eigenvalue weighted by molar-refractivity contribution is 6.02. The van der Waals surface area contributed by atoms with E-state index in [1.54, 1.807) is 0 Å². The maximum absolute atomic E-state index is 13.0. The zero-order valence-corrected chi connectivity index (χ0v) is 14.4. The molecule has 1 amide bonds. The predicted molar refractivity (Wildman–Crippen MR) is 97.3 cm³/mol. The topological polar surface area (TPSA) is 81.1 Å². The Morgan fingerprint density at radius 1 is 1.19 bits per heavy atom. The molecule has 1 unspecified atom stereocenters. The molecule has 4 rings (SSSR count). The van der Waals surface area contributed by atoms with Crippen LogP contribution in [0.3, 0.4) is 0 Å². The summed E-state index contributed by atoms with van der Waals surface area (Å²) in [7, 11) is 0. The second-order valence-electron chi connectivity index (χ2n) is 6.14. The Bertz CT molecular complexity index is 918. The van der Waals surface area contributed by atoms with Gasteiger partial charge in [-0.05, 0) is 42.0 Å². The molecule has 0 aliphatic carbocycles. The van der Waals surface area contributed by atoms with Gasteiger partial charge >= 0.3 is 0 Å². The first kappa shape index (κ1) is 17.3. The summed E-state index contributed by atoms with van der Waals surface area (Å²) in [6, 6.07) is 13.2. The summed E-state index contributed by atoms with van der Waals surface area (Å²) >= 11 is 0. The second-order valence-corrected chi connectivity index (χ2v) is 6.14. The van der Waals surface area contributed by atoms with Gasteiger partial charge in [-0.3, -0.25) is 4.79 Å². The van der Waals surface area contributed by atoms with Crippen molar-refractivity contribution < 1.29 is 13.9 Å². The molecule has 1 aliphatic heterocycles. The lowest BCUT2D eigenvalue weighted by Gasteiger charge is -2.24. The predicted octanol–water partition coefficient (Wildman–Crippen LogP) is 2.32. The number of anilines is 1. The van der Waals surface area contributed by atoms with E-state index in [1.165, 1.54) is 35.3 Å². The molecule has 1 aliphatic rings. The van der Waals surface area contributed by atoms with Crippen LogP contribution in [0.25, 0.3) is 5.69 Å². The van der Waals surface area contributed by atoms with Gasteiger partial charge in [-0.15, -0.1) is 5.10 Å². The van der Waals surface area contributed by atoms with Gasteiger partial charge in [-0.1, -0.05) is 12.1 Å². The smallest absolute Gasteiger partial charge is 0.277 e. The number of nitrogens with one attached hydrogen (secondary N) is 2. The third-order valence-electron chi connectivity index (χ3n) is 4.25. The SMILES string of the molecule is O=C(Nc1ccc(C2CNCCO2)cc1)c1cnn(-c2ccc(F)cc2)n1. The number of morpholine rings is 1. The summed E-state index contributed by atoms with van der Waals surface area (Å²) in [5, 5.41) is 14.3. The summed E-state index contributed by atoms with van der Waals surface area (Å²) < 4.78 is 18.7.